The number of ketones is 1. The van der Waals surface area contributed by atoms with Gasteiger partial charge in [-0.15, -0.1) is 0 Å². The lowest BCUT2D eigenvalue weighted by atomic mass is 9.36. The summed E-state index contributed by atoms with van der Waals surface area (Å²) in [5, 5.41) is 23.3. The number of esters is 1. The van der Waals surface area contributed by atoms with Crippen molar-refractivity contribution < 1.29 is 29.3 Å². The maximum atomic E-state index is 13.0. The second-order valence-corrected chi connectivity index (χ2v) is 15.5. The van der Waals surface area contributed by atoms with Crippen LogP contribution in [-0.2, 0) is 19.1 Å². The normalized spacial score (nSPS) is 39.6. The van der Waals surface area contributed by atoms with Gasteiger partial charge in [0, 0.05) is 25.4 Å². The molecule has 228 valence electrons. The van der Waals surface area contributed by atoms with E-state index in [1.54, 1.807) is 0 Å². The van der Waals surface area contributed by atoms with E-state index in [0.717, 1.165) is 32.1 Å². The predicted molar refractivity (Wildman–Crippen MR) is 156 cm³/mol. The summed E-state index contributed by atoms with van der Waals surface area (Å²) >= 11 is 0. The zero-order chi connectivity index (χ0) is 30.1. The van der Waals surface area contributed by atoms with E-state index < -0.39 is 29.9 Å². The highest BCUT2D eigenvalue weighted by Crippen LogP contribution is 2.74. The van der Waals surface area contributed by atoms with Gasteiger partial charge in [0.2, 0.25) is 0 Å². The third-order valence-corrected chi connectivity index (χ3v) is 12.7. The number of allylic oxidation sites excluding steroid dienone is 1. The number of aliphatic hydroxyl groups excluding tert-OH is 2. The molecule has 6 heteroatoms. The summed E-state index contributed by atoms with van der Waals surface area (Å²) in [5.74, 6) is 0.495. The van der Waals surface area contributed by atoms with Gasteiger partial charge in [-0.3, -0.25) is 9.59 Å². The monoisotopic (exact) mass is 560 g/mol. The smallest absolute Gasteiger partial charge is 0.303 e. The van der Waals surface area contributed by atoms with E-state index in [0.29, 0.717) is 37.6 Å². The first-order chi connectivity index (χ1) is 18.4. The first-order valence-corrected chi connectivity index (χ1v) is 15.8. The Bertz CT molecular complexity index is 1040. The van der Waals surface area contributed by atoms with Gasteiger partial charge in [-0.2, -0.15) is 0 Å². The van der Waals surface area contributed by atoms with Crippen LogP contribution in [0.15, 0.2) is 11.1 Å². The molecule has 0 saturated heterocycles. The molecule has 0 unspecified atom stereocenters. The molecule has 4 aliphatic carbocycles. The molecule has 9 atom stereocenters. The highest BCUT2D eigenvalue weighted by atomic mass is 16.6. The Morgan fingerprint density at radius 1 is 1.10 bits per heavy atom. The van der Waals surface area contributed by atoms with Crippen LogP contribution in [0.3, 0.4) is 0 Å². The summed E-state index contributed by atoms with van der Waals surface area (Å²) in [5.41, 5.74) is 1.45. The highest BCUT2D eigenvalue weighted by molar-refractivity contribution is 5.85. The predicted octanol–water partition coefficient (Wildman–Crippen LogP) is 6.41. The average molecular weight is 561 g/mol. The van der Waals surface area contributed by atoms with Crippen LogP contribution < -0.4 is 0 Å². The van der Waals surface area contributed by atoms with E-state index in [1.807, 2.05) is 20.8 Å². The van der Waals surface area contributed by atoms with Crippen molar-refractivity contribution in [2.24, 2.45) is 39.4 Å². The van der Waals surface area contributed by atoms with Gasteiger partial charge in [0.25, 0.3) is 0 Å². The van der Waals surface area contributed by atoms with Gasteiger partial charge in [-0.25, -0.2) is 0 Å². The Kier molecular flexibility index (Phi) is 8.31. The Morgan fingerprint density at radius 3 is 2.35 bits per heavy atom. The number of carbonyl (C=O) groups excluding carboxylic acids is 2. The van der Waals surface area contributed by atoms with Crippen LogP contribution in [0.25, 0.3) is 0 Å². The van der Waals surface area contributed by atoms with Crippen LogP contribution >= 0.6 is 0 Å². The largest absolute Gasteiger partial charge is 0.457 e. The second kappa shape index (κ2) is 10.5. The number of rotatable bonds is 8. The summed E-state index contributed by atoms with van der Waals surface area (Å²) in [6.07, 6.45) is 4.61. The van der Waals surface area contributed by atoms with Crippen LogP contribution in [-0.4, -0.2) is 52.5 Å². The third-order valence-electron chi connectivity index (χ3n) is 12.7. The topological polar surface area (TPSA) is 93.1 Å². The number of hydrogen-bond acceptors (Lipinski definition) is 6. The van der Waals surface area contributed by atoms with Gasteiger partial charge < -0.3 is 19.7 Å². The van der Waals surface area contributed by atoms with E-state index in [-0.39, 0.29) is 33.5 Å². The Hall–Kier alpha value is -1.24. The van der Waals surface area contributed by atoms with Gasteiger partial charge in [-0.05, 0) is 99.7 Å². The van der Waals surface area contributed by atoms with Gasteiger partial charge in [0.1, 0.15) is 11.4 Å². The quantitative estimate of drug-likeness (QED) is 0.263. The lowest BCUT2D eigenvalue weighted by Crippen LogP contribution is -2.65. The fraction of sp³-hybridized carbons (Fsp3) is 0.882. The molecular weight excluding hydrogens is 504 g/mol. The van der Waals surface area contributed by atoms with Crippen molar-refractivity contribution in [2.75, 3.05) is 6.61 Å². The number of aliphatic hydroxyl groups is 2. The summed E-state index contributed by atoms with van der Waals surface area (Å²) < 4.78 is 11.5. The van der Waals surface area contributed by atoms with Crippen LogP contribution in [0.2, 0.25) is 0 Å². The van der Waals surface area contributed by atoms with Gasteiger partial charge in [0.15, 0.2) is 6.10 Å². The zero-order valence-electron chi connectivity index (χ0n) is 26.9. The Morgan fingerprint density at radius 2 is 1.75 bits per heavy atom. The molecule has 4 rings (SSSR count). The van der Waals surface area contributed by atoms with E-state index in [4.69, 9.17) is 9.47 Å². The van der Waals surface area contributed by atoms with Crippen molar-refractivity contribution in [3.63, 3.8) is 0 Å². The first kappa shape index (κ1) is 31.7. The standard InChI is InChI=1S/C34H56O6/c1-11-39-31(6,7)29(40-21(3)35)25(37)18-20(2)22-12-16-33(9)23(22)19-24(36)28-32(8)15-14-27(38)30(4,5)26(32)13-17-34(28,33)10/h20,24-26,28-29,36-37H,11-19H2,1-10H3/t20-,24+,25+,26+,28+,29-,32+,33+,34+/m1/s1. The molecule has 2 N–H and O–H groups in total. The highest BCUT2D eigenvalue weighted by Gasteiger charge is 2.69. The molecule has 3 fully saturated rings. The van der Waals surface area contributed by atoms with E-state index in [1.165, 1.54) is 18.1 Å². The minimum atomic E-state index is -0.867. The second-order valence-electron chi connectivity index (χ2n) is 15.5. The van der Waals surface area contributed by atoms with Crippen molar-refractivity contribution in [3.05, 3.63) is 11.1 Å². The molecule has 3 saturated carbocycles. The average Bonchev–Trinajstić information content (AvgIpc) is 3.17. The summed E-state index contributed by atoms with van der Waals surface area (Å²) in [6, 6.07) is 0. The van der Waals surface area contributed by atoms with Crippen molar-refractivity contribution >= 4 is 11.8 Å². The van der Waals surface area contributed by atoms with Crippen molar-refractivity contribution in [1.82, 2.24) is 0 Å². The van der Waals surface area contributed by atoms with Gasteiger partial charge in [0.05, 0.1) is 12.2 Å². The van der Waals surface area contributed by atoms with E-state index in [9.17, 15) is 19.8 Å². The number of carbonyl (C=O) groups is 2. The molecule has 0 aliphatic heterocycles. The number of Topliss-reactive ketones (excluding diaryl/α,β-unsaturated/α-hetero) is 1. The lowest BCUT2D eigenvalue weighted by Gasteiger charge is -2.69. The molecule has 0 heterocycles. The van der Waals surface area contributed by atoms with Crippen LogP contribution in [0.4, 0.5) is 0 Å². The van der Waals surface area contributed by atoms with E-state index in [2.05, 4.69) is 41.5 Å². The summed E-state index contributed by atoms with van der Waals surface area (Å²) in [7, 11) is 0. The van der Waals surface area contributed by atoms with Gasteiger partial charge in [-0.1, -0.05) is 52.7 Å². The SMILES string of the molecule is CCOC(C)(C)[C@H](OC(C)=O)[C@@H](O)C[C@@H](C)C1=C2C[C@H](O)[C@H]3[C@@]4(C)CCC(=O)C(C)(C)[C@@H]4CC[C@]3(C)[C@@]2(C)CC1. The maximum Gasteiger partial charge on any atom is 0.303 e. The van der Waals surface area contributed by atoms with Crippen LogP contribution in [0.1, 0.15) is 121 Å². The maximum absolute atomic E-state index is 13.0. The molecule has 0 spiro atoms. The lowest BCUT2D eigenvalue weighted by molar-refractivity contribution is -0.208. The molecule has 0 bridgehead atoms. The Balaban J connectivity index is 1.64. The van der Waals surface area contributed by atoms with Gasteiger partial charge >= 0.3 is 5.97 Å². The third kappa shape index (κ3) is 4.72. The van der Waals surface area contributed by atoms with Crippen molar-refractivity contribution in [2.45, 2.75) is 145 Å². The molecule has 4 aliphatic rings. The van der Waals surface area contributed by atoms with Crippen molar-refractivity contribution in [3.8, 4) is 0 Å². The molecule has 0 amide bonds. The number of ether oxygens (including phenoxy) is 2. The minimum absolute atomic E-state index is 0.0229. The summed E-state index contributed by atoms with van der Waals surface area (Å²) in [6.45, 7) is 21.1. The number of fused-ring (bicyclic) bond motifs is 5. The minimum Gasteiger partial charge on any atom is -0.457 e. The van der Waals surface area contributed by atoms with Crippen molar-refractivity contribution in [1.29, 1.82) is 0 Å². The molecule has 6 nitrogen and oxygen atoms in total. The molecule has 0 aromatic carbocycles. The van der Waals surface area contributed by atoms with Crippen LogP contribution in [0.5, 0.6) is 0 Å². The van der Waals surface area contributed by atoms with E-state index >= 15 is 0 Å². The molecule has 0 aromatic rings. The zero-order valence-corrected chi connectivity index (χ0v) is 26.9. The fourth-order valence-electron chi connectivity index (χ4n) is 10.6. The van der Waals surface area contributed by atoms with Crippen LogP contribution in [0, 0.1) is 39.4 Å². The summed E-state index contributed by atoms with van der Waals surface area (Å²) in [4.78, 5) is 24.9. The fourth-order valence-corrected chi connectivity index (χ4v) is 10.6. The Labute approximate surface area is 242 Å². The number of hydrogen-bond donors (Lipinski definition) is 2. The molecule has 0 aromatic heterocycles. The molecular formula is C34H56O6. The molecule has 40 heavy (non-hydrogen) atoms. The first-order valence-electron chi connectivity index (χ1n) is 15.8. The molecule has 0 radical (unpaired) electrons.